The Bertz CT molecular complexity index is 787. The number of carbonyl (C=O) groups excluding carboxylic acids is 1. The summed E-state index contributed by atoms with van der Waals surface area (Å²) in [6.45, 7) is 0. The van der Waals surface area contributed by atoms with Crippen LogP contribution < -0.4 is 15.2 Å². The lowest BCUT2D eigenvalue weighted by atomic mass is 10.2. The van der Waals surface area contributed by atoms with Crippen LogP contribution in [0.25, 0.3) is 0 Å². The molecule has 0 aliphatic rings. The summed E-state index contributed by atoms with van der Waals surface area (Å²) in [5.41, 5.74) is 5.27. The first kappa shape index (κ1) is 15.6. The van der Waals surface area contributed by atoms with Crippen LogP contribution >= 0.6 is 0 Å². The first-order chi connectivity index (χ1) is 11.8. The molecule has 0 aliphatic heterocycles. The molecule has 1 N–H and O–H groups in total. The normalized spacial score (nSPS) is 10.0. The van der Waals surface area contributed by atoms with Crippen LogP contribution in [0.5, 0.6) is 5.75 Å². The number of ether oxygens (including phenoxy) is 1. The highest BCUT2D eigenvalue weighted by Gasteiger charge is 2.14. The Morgan fingerprint density at radius 3 is 1.92 bits per heavy atom. The van der Waals surface area contributed by atoms with Gasteiger partial charge in [-0.05, 0) is 48.5 Å². The Morgan fingerprint density at radius 1 is 0.792 bits per heavy atom. The number of amides is 1. The highest BCUT2D eigenvalue weighted by Crippen LogP contribution is 2.25. The van der Waals surface area contributed by atoms with E-state index in [-0.39, 0.29) is 5.91 Å². The summed E-state index contributed by atoms with van der Waals surface area (Å²) in [7, 11) is 1.63. The fourth-order valence-corrected chi connectivity index (χ4v) is 2.34. The molecule has 0 fully saturated rings. The first-order valence-electron chi connectivity index (χ1n) is 7.63. The molecule has 24 heavy (non-hydrogen) atoms. The summed E-state index contributed by atoms with van der Waals surface area (Å²) in [5, 5.41) is 1.76. The minimum absolute atomic E-state index is 0.171. The number of methoxy groups -OCH3 is 1. The van der Waals surface area contributed by atoms with Gasteiger partial charge in [0.25, 0.3) is 5.91 Å². The van der Waals surface area contributed by atoms with Crippen molar-refractivity contribution in [1.82, 2.24) is 5.43 Å². The lowest BCUT2D eigenvalue weighted by molar-refractivity contribution is 0.0953. The Labute approximate surface area is 141 Å². The van der Waals surface area contributed by atoms with Crippen LogP contribution in [0.3, 0.4) is 0 Å². The van der Waals surface area contributed by atoms with Crippen LogP contribution in [0.1, 0.15) is 10.4 Å². The molecule has 4 nitrogen and oxygen atoms in total. The van der Waals surface area contributed by atoms with E-state index in [1.165, 1.54) is 0 Å². The third-order valence-corrected chi connectivity index (χ3v) is 3.59. The second-order valence-corrected chi connectivity index (χ2v) is 5.18. The smallest absolute Gasteiger partial charge is 0.270 e. The fourth-order valence-electron chi connectivity index (χ4n) is 2.34. The highest BCUT2D eigenvalue weighted by atomic mass is 16.5. The maximum absolute atomic E-state index is 12.5. The zero-order chi connectivity index (χ0) is 16.8. The molecule has 0 unspecified atom stereocenters. The minimum Gasteiger partial charge on any atom is -0.497 e. The molecule has 1 amide bonds. The van der Waals surface area contributed by atoms with Crippen molar-refractivity contribution in [1.29, 1.82) is 0 Å². The van der Waals surface area contributed by atoms with Crippen molar-refractivity contribution in [3.05, 3.63) is 90.5 Å². The summed E-state index contributed by atoms with van der Waals surface area (Å²) >= 11 is 0. The minimum atomic E-state index is -0.171. The lowest BCUT2D eigenvalue weighted by Crippen LogP contribution is -2.38. The predicted molar refractivity (Wildman–Crippen MR) is 95.5 cm³/mol. The van der Waals surface area contributed by atoms with E-state index in [0.29, 0.717) is 5.56 Å². The summed E-state index contributed by atoms with van der Waals surface area (Å²) < 4.78 is 5.20. The monoisotopic (exact) mass is 318 g/mol. The molecule has 0 heterocycles. The number of carbonyl (C=O) groups is 1. The van der Waals surface area contributed by atoms with Gasteiger partial charge in [-0.25, -0.2) is 0 Å². The fraction of sp³-hybridized carbons (Fsp3) is 0.0500. The van der Waals surface area contributed by atoms with E-state index >= 15 is 0 Å². The molecule has 0 bridgehead atoms. The van der Waals surface area contributed by atoms with E-state index in [4.69, 9.17) is 4.74 Å². The van der Waals surface area contributed by atoms with E-state index in [1.54, 1.807) is 24.3 Å². The van der Waals surface area contributed by atoms with Gasteiger partial charge in [0.2, 0.25) is 0 Å². The largest absolute Gasteiger partial charge is 0.497 e. The predicted octanol–water partition coefficient (Wildman–Crippen LogP) is 4.18. The highest BCUT2D eigenvalue weighted by molar-refractivity contribution is 5.96. The third kappa shape index (κ3) is 3.55. The van der Waals surface area contributed by atoms with Gasteiger partial charge in [-0.2, -0.15) is 0 Å². The van der Waals surface area contributed by atoms with Crippen molar-refractivity contribution in [2.45, 2.75) is 0 Å². The quantitative estimate of drug-likeness (QED) is 0.718. The van der Waals surface area contributed by atoms with E-state index in [0.717, 1.165) is 17.1 Å². The molecule has 120 valence electrons. The second-order valence-electron chi connectivity index (χ2n) is 5.18. The molecule has 0 spiro atoms. The third-order valence-electron chi connectivity index (χ3n) is 3.59. The van der Waals surface area contributed by atoms with Crippen molar-refractivity contribution in [3.63, 3.8) is 0 Å². The molecular weight excluding hydrogens is 300 g/mol. The van der Waals surface area contributed by atoms with Crippen LogP contribution in [-0.4, -0.2) is 13.0 Å². The van der Waals surface area contributed by atoms with E-state index < -0.39 is 0 Å². The lowest BCUT2D eigenvalue weighted by Gasteiger charge is -2.25. The summed E-state index contributed by atoms with van der Waals surface area (Å²) in [5.74, 6) is 0.594. The van der Waals surface area contributed by atoms with Crippen molar-refractivity contribution < 1.29 is 9.53 Å². The molecule has 0 saturated carbocycles. The number of rotatable bonds is 5. The Morgan fingerprint density at radius 2 is 1.33 bits per heavy atom. The molecule has 0 aromatic heterocycles. The maximum atomic E-state index is 12.5. The molecule has 3 aromatic carbocycles. The maximum Gasteiger partial charge on any atom is 0.270 e. The second kappa shape index (κ2) is 7.33. The van der Waals surface area contributed by atoms with Gasteiger partial charge in [-0.1, -0.05) is 36.4 Å². The van der Waals surface area contributed by atoms with Gasteiger partial charge in [0.15, 0.2) is 0 Å². The molecule has 0 aliphatic carbocycles. The molecular formula is C20H18N2O2. The van der Waals surface area contributed by atoms with Crippen molar-refractivity contribution in [3.8, 4) is 5.75 Å². The zero-order valence-corrected chi connectivity index (χ0v) is 13.3. The number of hydrogen-bond acceptors (Lipinski definition) is 3. The average Bonchev–Trinajstić information content (AvgIpc) is 2.67. The first-order valence-corrected chi connectivity index (χ1v) is 7.63. The number of benzene rings is 3. The van der Waals surface area contributed by atoms with Crippen LogP contribution in [0.15, 0.2) is 84.9 Å². The van der Waals surface area contributed by atoms with Crippen molar-refractivity contribution in [2.24, 2.45) is 0 Å². The Kier molecular flexibility index (Phi) is 4.77. The van der Waals surface area contributed by atoms with Gasteiger partial charge in [0.05, 0.1) is 18.5 Å². The molecule has 3 aromatic rings. The molecule has 0 saturated heterocycles. The number of anilines is 2. The molecule has 0 radical (unpaired) electrons. The van der Waals surface area contributed by atoms with Crippen molar-refractivity contribution in [2.75, 3.05) is 12.1 Å². The van der Waals surface area contributed by atoms with Gasteiger partial charge in [0.1, 0.15) is 5.75 Å². The average molecular weight is 318 g/mol. The van der Waals surface area contributed by atoms with Gasteiger partial charge in [-0.3, -0.25) is 15.2 Å². The Hall–Kier alpha value is -3.27. The van der Waals surface area contributed by atoms with Crippen LogP contribution in [-0.2, 0) is 0 Å². The van der Waals surface area contributed by atoms with E-state index in [9.17, 15) is 4.79 Å². The SMILES string of the molecule is COc1ccc(N(NC(=O)c2ccccc2)c2ccccc2)cc1. The summed E-state index contributed by atoms with van der Waals surface area (Å²) in [6, 6.07) is 26.3. The number of para-hydroxylation sites is 1. The summed E-state index contributed by atoms with van der Waals surface area (Å²) in [6.07, 6.45) is 0. The van der Waals surface area contributed by atoms with Crippen LogP contribution in [0, 0.1) is 0 Å². The molecule has 4 heteroatoms. The summed E-state index contributed by atoms with van der Waals surface area (Å²) in [4.78, 5) is 12.5. The number of hydrogen-bond donors (Lipinski definition) is 1. The van der Waals surface area contributed by atoms with Crippen molar-refractivity contribution >= 4 is 17.3 Å². The van der Waals surface area contributed by atoms with E-state index in [1.807, 2.05) is 72.8 Å². The number of nitrogens with zero attached hydrogens (tertiary/aromatic N) is 1. The Balaban J connectivity index is 1.91. The number of hydrazine groups is 1. The topological polar surface area (TPSA) is 41.6 Å². The number of nitrogens with one attached hydrogen (secondary N) is 1. The molecule has 3 rings (SSSR count). The van der Waals surface area contributed by atoms with E-state index in [2.05, 4.69) is 5.43 Å². The van der Waals surface area contributed by atoms with Gasteiger partial charge in [-0.15, -0.1) is 0 Å². The van der Waals surface area contributed by atoms with Crippen LogP contribution in [0.4, 0.5) is 11.4 Å². The van der Waals surface area contributed by atoms with Gasteiger partial charge in [0, 0.05) is 5.56 Å². The van der Waals surface area contributed by atoms with Gasteiger partial charge >= 0.3 is 0 Å². The van der Waals surface area contributed by atoms with Crippen LogP contribution in [0.2, 0.25) is 0 Å². The molecule has 0 atom stereocenters. The van der Waals surface area contributed by atoms with Gasteiger partial charge < -0.3 is 4.74 Å². The standard InChI is InChI=1S/C20H18N2O2/c1-24-19-14-12-18(13-15-19)22(17-10-6-3-7-11-17)21-20(23)16-8-4-2-5-9-16/h2-15H,1H3,(H,21,23). The zero-order valence-electron chi connectivity index (χ0n) is 13.3.